The first-order valence-electron chi connectivity index (χ1n) is 2.50. The van der Waals surface area contributed by atoms with Crippen LogP contribution < -0.4 is 34.7 Å². The molecule has 5 heteroatoms. The molecule has 0 aliphatic carbocycles. The summed E-state index contributed by atoms with van der Waals surface area (Å²) in [6.45, 7) is 0. The van der Waals surface area contributed by atoms with Gasteiger partial charge in [-0.15, -0.1) is 0 Å². The molecule has 0 aromatic heterocycles. The van der Waals surface area contributed by atoms with Crippen molar-refractivity contribution >= 4 is 12.3 Å². The molecule has 0 amide bonds. The van der Waals surface area contributed by atoms with Crippen molar-refractivity contribution in [1.82, 2.24) is 0 Å². The van der Waals surface area contributed by atoms with Crippen molar-refractivity contribution in [2.45, 2.75) is 18.9 Å². The molecule has 0 heterocycles. The van der Waals surface area contributed by atoms with Crippen LogP contribution in [0.5, 0.6) is 0 Å². The minimum atomic E-state index is -1.25. The van der Waals surface area contributed by atoms with Crippen molar-refractivity contribution in [1.29, 1.82) is 0 Å². The Balaban J connectivity index is 0. The van der Waals surface area contributed by atoms with E-state index in [2.05, 4.69) is 0 Å². The summed E-state index contributed by atoms with van der Waals surface area (Å²) >= 11 is 0. The minimum absolute atomic E-state index is 0. The quantitative estimate of drug-likeness (QED) is 0.325. The summed E-state index contributed by atoms with van der Waals surface area (Å²) in [6.07, 6.45) is -1.21. The molecule has 0 spiro atoms. The number of aliphatic carboxylic acids is 1. The van der Waals surface area contributed by atoms with Gasteiger partial charge in [0, 0.05) is 5.97 Å². The maximum Gasteiger partial charge on any atom is 1.00 e. The number of carbonyl (C=O) groups is 2. The number of aliphatic hydroxyl groups is 1. The predicted octanol–water partition coefficient (Wildman–Crippen LogP) is -4.92. The van der Waals surface area contributed by atoms with Crippen LogP contribution in [-0.4, -0.2) is 23.5 Å². The van der Waals surface area contributed by atoms with E-state index in [1.54, 1.807) is 0 Å². The van der Waals surface area contributed by atoms with Crippen molar-refractivity contribution in [2.24, 2.45) is 0 Å². The Bertz CT molecular complexity index is 114. The molecule has 1 unspecified atom stereocenters. The second-order valence-corrected chi connectivity index (χ2v) is 1.61. The van der Waals surface area contributed by atoms with E-state index in [0.717, 1.165) is 0 Å². The minimum Gasteiger partial charge on any atom is -0.550 e. The Hall–Kier alpha value is 0.100. The number of aldehydes is 1. The van der Waals surface area contributed by atoms with Crippen LogP contribution in [0.1, 0.15) is 12.8 Å². The first-order chi connectivity index (χ1) is 4.16. The van der Waals surface area contributed by atoms with E-state index in [0.29, 0.717) is 6.29 Å². The van der Waals surface area contributed by atoms with Crippen LogP contribution in [0.3, 0.4) is 0 Å². The van der Waals surface area contributed by atoms with Gasteiger partial charge >= 0.3 is 29.6 Å². The van der Waals surface area contributed by atoms with Crippen molar-refractivity contribution in [3.63, 3.8) is 0 Å². The van der Waals surface area contributed by atoms with E-state index >= 15 is 0 Å². The van der Waals surface area contributed by atoms with Gasteiger partial charge in [0.25, 0.3) is 0 Å². The molecule has 0 aliphatic heterocycles. The van der Waals surface area contributed by atoms with Gasteiger partial charge in [-0.2, -0.15) is 0 Å². The molecule has 0 rings (SSSR count). The molecule has 0 saturated carbocycles. The van der Waals surface area contributed by atoms with Crippen LogP contribution in [0.15, 0.2) is 0 Å². The molecule has 0 fully saturated rings. The number of hydrogen-bond donors (Lipinski definition) is 1. The van der Waals surface area contributed by atoms with E-state index < -0.39 is 12.1 Å². The van der Waals surface area contributed by atoms with Crippen LogP contribution in [-0.2, 0) is 9.59 Å². The molecule has 0 saturated heterocycles. The topological polar surface area (TPSA) is 77.4 Å². The Labute approximate surface area is 80.5 Å². The summed E-state index contributed by atoms with van der Waals surface area (Å²) in [5.41, 5.74) is 0. The van der Waals surface area contributed by atoms with Gasteiger partial charge < -0.3 is 19.8 Å². The number of carboxylic acids is 1. The molecular weight excluding hydrogens is 147 g/mol. The zero-order valence-corrected chi connectivity index (χ0v) is 7.74. The molecule has 0 aromatic rings. The van der Waals surface area contributed by atoms with Crippen molar-refractivity contribution in [3.8, 4) is 0 Å². The number of hydrogen-bond acceptors (Lipinski definition) is 4. The Kier molecular flexibility index (Phi) is 9.19. The molecular formula is C5H7NaO4. The summed E-state index contributed by atoms with van der Waals surface area (Å²) < 4.78 is 0. The summed E-state index contributed by atoms with van der Waals surface area (Å²) in [4.78, 5) is 19.3. The van der Waals surface area contributed by atoms with Gasteiger partial charge in [-0.1, -0.05) is 0 Å². The maximum atomic E-state index is 9.68. The van der Waals surface area contributed by atoms with Gasteiger partial charge in [0.15, 0.2) is 0 Å². The van der Waals surface area contributed by atoms with Crippen molar-refractivity contribution in [3.05, 3.63) is 0 Å². The van der Waals surface area contributed by atoms with Gasteiger partial charge in [0.05, 0.1) is 0 Å². The third-order valence-corrected chi connectivity index (χ3v) is 0.801. The largest absolute Gasteiger partial charge is 1.00 e. The SMILES string of the molecule is O=CC(O)CCC(=O)[O-].[Na+]. The van der Waals surface area contributed by atoms with Crippen molar-refractivity contribution in [2.75, 3.05) is 0 Å². The van der Waals surface area contributed by atoms with Crippen LogP contribution in [0.25, 0.3) is 0 Å². The predicted molar refractivity (Wildman–Crippen MR) is 26.3 cm³/mol. The molecule has 1 atom stereocenters. The first-order valence-corrected chi connectivity index (χ1v) is 2.50. The molecule has 0 bridgehead atoms. The second-order valence-electron chi connectivity index (χ2n) is 1.61. The van der Waals surface area contributed by atoms with Crippen molar-refractivity contribution < 1.29 is 49.4 Å². The summed E-state index contributed by atoms with van der Waals surface area (Å²) in [6, 6.07) is 0. The van der Waals surface area contributed by atoms with E-state index in [9.17, 15) is 14.7 Å². The van der Waals surface area contributed by atoms with E-state index in [-0.39, 0.29) is 42.4 Å². The van der Waals surface area contributed by atoms with E-state index in [1.165, 1.54) is 0 Å². The number of carbonyl (C=O) groups excluding carboxylic acids is 2. The van der Waals surface area contributed by atoms with Crippen LogP contribution >= 0.6 is 0 Å². The average molecular weight is 154 g/mol. The van der Waals surface area contributed by atoms with E-state index in [1.807, 2.05) is 0 Å². The number of carboxylic acid groups (broad SMARTS) is 1. The molecule has 0 radical (unpaired) electrons. The third kappa shape index (κ3) is 8.10. The van der Waals surface area contributed by atoms with Gasteiger partial charge in [-0.25, -0.2) is 0 Å². The Morgan fingerprint density at radius 3 is 2.50 bits per heavy atom. The zero-order chi connectivity index (χ0) is 7.28. The number of aliphatic hydroxyl groups excluding tert-OH is 1. The fourth-order valence-corrected chi connectivity index (χ4v) is 0.334. The molecule has 10 heavy (non-hydrogen) atoms. The fraction of sp³-hybridized carbons (Fsp3) is 0.600. The van der Waals surface area contributed by atoms with Crippen LogP contribution in [0.4, 0.5) is 0 Å². The van der Waals surface area contributed by atoms with Gasteiger partial charge in [0.1, 0.15) is 12.4 Å². The molecule has 52 valence electrons. The fourth-order valence-electron chi connectivity index (χ4n) is 0.334. The maximum absolute atomic E-state index is 9.68. The third-order valence-electron chi connectivity index (χ3n) is 0.801. The smallest absolute Gasteiger partial charge is 0.550 e. The molecule has 0 aliphatic rings. The second kappa shape index (κ2) is 7.21. The average Bonchev–Trinajstić information content (AvgIpc) is 1.83. The van der Waals surface area contributed by atoms with Gasteiger partial charge in [-0.05, 0) is 12.8 Å². The van der Waals surface area contributed by atoms with Gasteiger partial charge in [0.2, 0.25) is 0 Å². The first kappa shape index (κ1) is 12.7. The summed E-state index contributed by atoms with van der Waals surface area (Å²) in [5.74, 6) is -1.25. The zero-order valence-electron chi connectivity index (χ0n) is 5.74. The summed E-state index contributed by atoms with van der Waals surface area (Å²) in [5, 5.41) is 18.1. The summed E-state index contributed by atoms with van der Waals surface area (Å²) in [7, 11) is 0. The normalized spacial score (nSPS) is 11.3. The number of rotatable bonds is 4. The monoisotopic (exact) mass is 154 g/mol. The Morgan fingerprint density at radius 1 is 1.70 bits per heavy atom. The molecule has 1 N–H and O–H groups in total. The Morgan fingerprint density at radius 2 is 2.20 bits per heavy atom. The van der Waals surface area contributed by atoms with Gasteiger partial charge in [-0.3, -0.25) is 0 Å². The standard InChI is InChI=1S/C5H8O4.Na/c6-3-4(7)1-2-5(8)9;/h3-4,7H,1-2H2,(H,8,9);/q;+1/p-1. The van der Waals surface area contributed by atoms with Crippen LogP contribution in [0, 0.1) is 0 Å². The molecule has 4 nitrogen and oxygen atoms in total. The molecule has 0 aromatic carbocycles. The van der Waals surface area contributed by atoms with E-state index in [4.69, 9.17) is 5.11 Å². The van der Waals surface area contributed by atoms with Crippen LogP contribution in [0.2, 0.25) is 0 Å².